The van der Waals surface area contributed by atoms with Crippen LogP contribution in [-0.4, -0.2) is 0 Å². The van der Waals surface area contributed by atoms with Crippen molar-refractivity contribution in [2.75, 3.05) is 0 Å². The Bertz CT molecular complexity index is 659. The zero-order valence-corrected chi connectivity index (χ0v) is 14.1. The third-order valence-corrected chi connectivity index (χ3v) is 4.90. The molecule has 118 valence electrons. The Morgan fingerprint density at radius 2 is 1.43 bits per heavy atom. The van der Waals surface area contributed by atoms with E-state index in [9.17, 15) is 0 Å². The number of aryl methyl sites for hydroxylation is 1. The van der Waals surface area contributed by atoms with Crippen molar-refractivity contribution < 1.29 is 0 Å². The maximum absolute atomic E-state index is 3.37. The third kappa shape index (κ3) is 4.73. The van der Waals surface area contributed by atoms with Crippen LogP contribution in [-0.2, 0) is 0 Å². The maximum atomic E-state index is 3.37. The SMILES string of the molecule is Cc1ccc(-c2ccc(C#CCCC3CCCCC3)cc2)cc1. The second-order valence-electron chi connectivity index (χ2n) is 6.79. The largest absolute Gasteiger partial charge is 0.0979 e. The normalized spacial score (nSPS) is 15.0. The van der Waals surface area contributed by atoms with Crippen LogP contribution in [0.2, 0.25) is 0 Å². The minimum absolute atomic E-state index is 0.932. The van der Waals surface area contributed by atoms with Gasteiger partial charge in [-0.05, 0) is 42.5 Å². The second-order valence-corrected chi connectivity index (χ2v) is 6.79. The van der Waals surface area contributed by atoms with Gasteiger partial charge >= 0.3 is 0 Å². The van der Waals surface area contributed by atoms with E-state index >= 15 is 0 Å². The molecule has 2 aromatic rings. The molecule has 0 radical (unpaired) electrons. The summed E-state index contributed by atoms with van der Waals surface area (Å²) in [6.07, 6.45) is 9.48. The molecule has 0 bridgehead atoms. The Hall–Kier alpha value is -2.00. The van der Waals surface area contributed by atoms with Gasteiger partial charge in [0.25, 0.3) is 0 Å². The average Bonchev–Trinajstić information content (AvgIpc) is 2.61. The summed E-state index contributed by atoms with van der Waals surface area (Å²) in [6.45, 7) is 2.12. The van der Waals surface area contributed by atoms with Gasteiger partial charge in [0.1, 0.15) is 0 Å². The number of rotatable bonds is 3. The molecule has 2 aromatic carbocycles. The molecule has 0 heterocycles. The predicted molar refractivity (Wildman–Crippen MR) is 99.3 cm³/mol. The van der Waals surface area contributed by atoms with Gasteiger partial charge in [0.15, 0.2) is 0 Å². The highest BCUT2D eigenvalue weighted by Crippen LogP contribution is 2.27. The standard InChI is InChI=1S/C23H26/c1-19-11-15-22(16-12-19)23-17-13-21(14-18-23)10-6-5-9-20-7-3-2-4-8-20/h11-18,20H,2-5,7-9H2,1H3. The van der Waals surface area contributed by atoms with Crippen LogP contribution in [0.4, 0.5) is 0 Å². The fourth-order valence-electron chi connectivity index (χ4n) is 3.41. The summed E-state index contributed by atoms with van der Waals surface area (Å²) >= 11 is 0. The van der Waals surface area contributed by atoms with Crippen LogP contribution in [0.15, 0.2) is 48.5 Å². The molecule has 1 fully saturated rings. The van der Waals surface area contributed by atoms with Crippen molar-refractivity contribution in [2.45, 2.75) is 51.9 Å². The summed E-state index contributed by atoms with van der Waals surface area (Å²) in [4.78, 5) is 0. The molecule has 3 rings (SSSR count). The summed E-state index contributed by atoms with van der Waals surface area (Å²) in [5, 5.41) is 0. The topological polar surface area (TPSA) is 0 Å². The van der Waals surface area contributed by atoms with Gasteiger partial charge in [0, 0.05) is 12.0 Å². The monoisotopic (exact) mass is 302 g/mol. The Labute approximate surface area is 140 Å². The summed E-state index contributed by atoms with van der Waals surface area (Å²) in [5.41, 5.74) is 4.96. The van der Waals surface area contributed by atoms with Crippen LogP contribution in [0.25, 0.3) is 11.1 Å². The van der Waals surface area contributed by atoms with Gasteiger partial charge in [-0.1, -0.05) is 85.9 Å². The second kappa shape index (κ2) is 8.02. The maximum Gasteiger partial charge on any atom is 0.0245 e. The molecule has 0 unspecified atom stereocenters. The van der Waals surface area contributed by atoms with E-state index in [1.807, 2.05) is 0 Å². The van der Waals surface area contributed by atoms with Crippen LogP contribution in [0.5, 0.6) is 0 Å². The fraction of sp³-hybridized carbons (Fsp3) is 0.391. The van der Waals surface area contributed by atoms with Gasteiger partial charge in [0.2, 0.25) is 0 Å². The molecule has 0 N–H and O–H groups in total. The predicted octanol–water partition coefficient (Wildman–Crippen LogP) is 6.37. The van der Waals surface area contributed by atoms with Crippen molar-refractivity contribution in [1.29, 1.82) is 0 Å². The quantitative estimate of drug-likeness (QED) is 0.577. The summed E-state index contributed by atoms with van der Waals surface area (Å²) in [6, 6.07) is 17.3. The Morgan fingerprint density at radius 1 is 0.826 bits per heavy atom. The van der Waals surface area contributed by atoms with Gasteiger partial charge < -0.3 is 0 Å². The van der Waals surface area contributed by atoms with Crippen molar-refractivity contribution in [3.8, 4) is 23.0 Å². The first-order chi connectivity index (χ1) is 11.3. The number of hydrogen-bond donors (Lipinski definition) is 0. The summed E-state index contributed by atoms with van der Waals surface area (Å²) in [7, 11) is 0. The van der Waals surface area contributed by atoms with Gasteiger partial charge in [0.05, 0.1) is 0 Å². The molecule has 0 aromatic heterocycles. The van der Waals surface area contributed by atoms with Gasteiger partial charge in [-0.2, -0.15) is 0 Å². The molecule has 0 aliphatic heterocycles. The fourth-order valence-corrected chi connectivity index (χ4v) is 3.41. The van der Waals surface area contributed by atoms with Crippen LogP contribution >= 0.6 is 0 Å². The lowest BCUT2D eigenvalue weighted by molar-refractivity contribution is 0.342. The minimum atomic E-state index is 0.932. The van der Waals surface area contributed by atoms with Crippen molar-refractivity contribution in [1.82, 2.24) is 0 Å². The van der Waals surface area contributed by atoms with E-state index in [1.165, 1.54) is 55.2 Å². The lowest BCUT2D eigenvalue weighted by atomic mass is 9.86. The number of benzene rings is 2. The van der Waals surface area contributed by atoms with Crippen molar-refractivity contribution in [3.05, 3.63) is 59.7 Å². The molecule has 0 amide bonds. The molecular weight excluding hydrogens is 276 g/mol. The highest BCUT2D eigenvalue weighted by atomic mass is 14.2. The van der Waals surface area contributed by atoms with Crippen LogP contribution < -0.4 is 0 Å². The first-order valence-electron chi connectivity index (χ1n) is 8.97. The highest BCUT2D eigenvalue weighted by Gasteiger charge is 2.11. The Balaban J connectivity index is 1.55. The summed E-state index contributed by atoms with van der Waals surface area (Å²) < 4.78 is 0. The Morgan fingerprint density at radius 3 is 2.09 bits per heavy atom. The lowest BCUT2D eigenvalue weighted by Gasteiger charge is -2.20. The lowest BCUT2D eigenvalue weighted by Crippen LogP contribution is -2.05. The highest BCUT2D eigenvalue weighted by molar-refractivity contribution is 5.64. The molecule has 23 heavy (non-hydrogen) atoms. The van der Waals surface area contributed by atoms with E-state index in [1.54, 1.807) is 0 Å². The molecule has 1 aliphatic rings. The van der Waals surface area contributed by atoms with Crippen molar-refractivity contribution in [2.24, 2.45) is 5.92 Å². The van der Waals surface area contributed by atoms with Crippen LogP contribution in [0.1, 0.15) is 56.1 Å². The molecule has 0 heteroatoms. The Kier molecular flexibility index (Phi) is 5.54. The van der Waals surface area contributed by atoms with Gasteiger partial charge in [-0.15, -0.1) is 0 Å². The first-order valence-corrected chi connectivity index (χ1v) is 8.97. The molecular formula is C23H26. The molecule has 1 aliphatic carbocycles. The van der Waals surface area contributed by atoms with Crippen LogP contribution in [0.3, 0.4) is 0 Å². The van der Waals surface area contributed by atoms with E-state index in [2.05, 4.69) is 67.3 Å². The van der Waals surface area contributed by atoms with Crippen molar-refractivity contribution in [3.63, 3.8) is 0 Å². The zero-order chi connectivity index (χ0) is 15.9. The zero-order valence-electron chi connectivity index (χ0n) is 14.1. The molecule has 0 nitrogen and oxygen atoms in total. The summed E-state index contributed by atoms with van der Waals surface area (Å²) in [5.74, 6) is 7.62. The smallest absolute Gasteiger partial charge is 0.0245 e. The van der Waals surface area contributed by atoms with E-state index in [-0.39, 0.29) is 0 Å². The van der Waals surface area contributed by atoms with Crippen LogP contribution in [0, 0.1) is 24.7 Å². The van der Waals surface area contributed by atoms with E-state index in [0.29, 0.717) is 0 Å². The van der Waals surface area contributed by atoms with Gasteiger partial charge in [-0.3, -0.25) is 0 Å². The average molecular weight is 302 g/mol. The minimum Gasteiger partial charge on any atom is -0.0979 e. The molecule has 0 spiro atoms. The van der Waals surface area contributed by atoms with Crippen molar-refractivity contribution >= 4 is 0 Å². The number of hydrogen-bond acceptors (Lipinski definition) is 0. The first kappa shape index (κ1) is 15.9. The molecule has 0 saturated heterocycles. The molecule has 0 atom stereocenters. The van der Waals surface area contributed by atoms with E-state index in [4.69, 9.17) is 0 Å². The van der Waals surface area contributed by atoms with E-state index < -0.39 is 0 Å². The molecule has 1 saturated carbocycles. The van der Waals surface area contributed by atoms with Gasteiger partial charge in [-0.25, -0.2) is 0 Å². The third-order valence-electron chi connectivity index (χ3n) is 4.90. The van der Waals surface area contributed by atoms with E-state index in [0.717, 1.165) is 17.9 Å².